The van der Waals surface area contributed by atoms with E-state index in [1.54, 1.807) is 0 Å². The number of hydrogen-bond donors (Lipinski definition) is 0. The summed E-state index contributed by atoms with van der Waals surface area (Å²) in [5.41, 5.74) is 3.67. The monoisotopic (exact) mass is 287 g/mol. The Morgan fingerprint density at radius 2 is 2.00 bits per heavy atom. The Kier molecular flexibility index (Phi) is 4.29. The standard InChI is InChI=1S/C18H25NO2/c1-13(2)14-3-4-16-12-17(6-5-15(16)11-14)18(20)19-7-9-21-10-8-19/h5-6,12-14H,3-4,7-11H2,1-2H3. The van der Waals surface area contributed by atoms with Gasteiger partial charge in [0.1, 0.15) is 0 Å². The van der Waals surface area contributed by atoms with E-state index in [4.69, 9.17) is 4.74 Å². The molecule has 114 valence electrons. The van der Waals surface area contributed by atoms with Gasteiger partial charge >= 0.3 is 0 Å². The molecule has 0 radical (unpaired) electrons. The lowest BCUT2D eigenvalue weighted by atomic mass is 9.78. The Balaban J connectivity index is 1.76. The van der Waals surface area contributed by atoms with Gasteiger partial charge in [-0.3, -0.25) is 4.79 Å². The van der Waals surface area contributed by atoms with Crippen molar-refractivity contribution >= 4 is 5.91 Å². The molecule has 1 unspecified atom stereocenters. The first kappa shape index (κ1) is 14.6. The molecule has 2 aliphatic rings. The predicted octanol–water partition coefficient (Wildman–Crippen LogP) is 2.92. The molecule has 0 spiro atoms. The minimum atomic E-state index is 0.159. The summed E-state index contributed by atoms with van der Waals surface area (Å²) in [6, 6.07) is 6.32. The molecular formula is C18H25NO2. The molecule has 0 aromatic heterocycles. The highest BCUT2D eigenvalue weighted by Crippen LogP contribution is 2.30. The molecule has 1 fully saturated rings. The summed E-state index contributed by atoms with van der Waals surface area (Å²) in [5.74, 6) is 1.69. The average Bonchev–Trinajstić information content (AvgIpc) is 2.54. The van der Waals surface area contributed by atoms with E-state index in [-0.39, 0.29) is 5.91 Å². The van der Waals surface area contributed by atoms with E-state index < -0.39 is 0 Å². The minimum absolute atomic E-state index is 0.159. The van der Waals surface area contributed by atoms with Crippen LogP contribution in [-0.4, -0.2) is 37.1 Å². The third-order valence-corrected chi connectivity index (χ3v) is 4.96. The van der Waals surface area contributed by atoms with Crippen molar-refractivity contribution in [3.05, 3.63) is 34.9 Å². The van der Waals surface area contributed by atoms with E-state index in [1.165, 1.54) is 24.0 Å². The van der Waals surface area contributed by atoms with Gasteiger partial charge in [0.2, 0.25) is 0 Å². The van der Waals surface area contributed by atoms with E-state index in [0.29, 0.717) is 26.3 Å². The van der Waals surface area contributed by atoms with Crippen LogP contribution < -0.4 is 0 Å². The fraction of sp³-hybridized carbons (Fsp3) is 0.611. The molecule has 3 rings (SSSR count). The van der Waals surface area contributed by atoms with Crippen molar-refractivity contribution in [2.45, 2.75) is 33.1 Å². The van der Waals surface area contributed by atoms with Gasteiger partial charge < -0.3 is 9.64 Å². The summed E-state index contributed by atoms with van der Waals surface area (Å²) in [5, 5.41) is 0. The lowest BCUT2D eigenvalue weighted by Crippen LogP contribution is -2.40. The normalized spacial score (nSPS) is 22.2. The van der Waals surface area contributed by atoms with Gasteiger partial charge in [0.15, 0.2) is 0 Å². The van der Waals surface area contributed by atoms with Gasteiger partial charge in [0.05, 0.1) is 13.2 Å². The molecule has 3 nitrogen and oxygen atoms in total. The van der Waals surface area contributed by atoms with Crippen molar-refractivity contribution in [3.63, 3.8) is 0 Å². The number of carbonyl (C=O) groups excluding carboxylic acids is 1. The van der Waals surface area contributed by atoms with Crippen molar-refractivity contribution in [2.24, 2.45) is 11.8 Å². The second kappa shape index (κ2) is 6.18. The van der Waals surface area contributed by atoms with Crippen LogP contribution in [0.4, 0.5) is 0 Å². The highest BCUT2D eigenvalue weighted by Gasteiger charge is 2.23. The van der Waals surface area contributed by atoms with Crippen LogP contribution in [0.25, 0.3) is 0 Å². The van der Waals surface area contributed by atoms with Gasteiger partial charge in [0.25, 0.3) is 5.91 Å². The smallest absolute Gasteiger partial charge is 0.254 e. The zero-order valence-corrected chi connectivity index (χ0v) is 13.1. The molecule has 1 aromatic carbocycles. The number of hydrogen-bond acceptors (Lipinski definition) is 2. The number of carbonyl (C=O) groups is 1. The van der Waals surface area contributed by atoms with E-state index >= 15 is 0 Å². The fourth-order valence-corrected chi connectivity index (χ4v) is 3.43. The Labute approximate surface area is 127 Å². The summed E-state index contributed by atoms with van der Waals surface area (Å²) >= 11 is 0. The third-order valence-electron chi connectivity index (χ3n) is 4.96. The first-order valence-electron chi connectivity index (χ1n) is 8.14. The second-order valence-electron chi connectivity index (χ2n) is 6.63. The van der Waals surface area contributed by atoms with Crippen LogP contribution in [-0.2, 0) is 17.6 Å². The summed E-state index contributed by atoms with van der Waals surface area (Å²) < 4.78 is 5.32. The molecule has 1 aliphatic heterocycles. The molecule has 1 aliphatic carbocycles. The molecule has 0 bridgehead atoms. The minimum Gasteiger partial charge on any atom is -0.378 e. The second-order valence-corrected chi connectivity index (χ2v) is 6.63. The van der Waals surface area contributed by atoms with Crippen LogP contribution in [0.3, 0.4) is 0 Å². The summed E-state index contributed by atoms with van der Waals surface area (Å²) in [6.07, 6.45) is 3.53. The van der Waals surface area contributed by atoms with Crippen LogP contribution in [0.1, 0.15) is 41.8 Å². The van der Waals surface area contributed by atoms with E-state index in [1.807, 2.05) is 11.0 Å². The van der Waals surface area contributed by atoms with Crippen molar-refractivity contribution in [2.75, 3.05) is 26.3 Å². The SMILES string of the molecule is CC(C)C1CCc2cc(C(=O)N3CCOCC3)ccc2C1. The third kappa shape index (κ3) is 3.13. The molecule has 1 saturated heterocycles. The number of fused-ring (bicyclic) bond motifs is 1. The number of rotatable bonds is 2. The molecule has 1 amide bonds. The maximum Gasteiger partial charge on any atom is 0.254 e. The molecule has 1 atom stereocenters. The fourth-order valence-electron chi connectivity index (χ4n) is 3.43. The van der Waals surface area contributed by atoms with Gasteiger partial charge in [-0.05, 0) is 54.4 Å². The molecule has 3 heteroatoms. The average molecular weight is 287 g/mol. The number of ether oxygens (including phenoxy) is 1. The first-order valence-corrected chi connectivity index (χ1v) is 8.14. The van der Waals surface area contributed by atoms with Crippen LogP contribution in [0.5, 0.6) is 0 Å². The number of amides is 1. The molecule has 21 heavy (non-hydrogen) atoms. The van der Waals surface area contributed by atoms with Crippen molar-refractivity contribution in [1.82, 2.24) is 4.90 Å². The number of morpholine rings is 1. The van der Waals surface area contributed by atoms with Gasteiger partial charge in [-0.1, -0.05) is 19.9 Å². The number of aryl methyl sites for hydroxylation is 1. The zero-order chi connectivity index (χ0) is 14.8. The quantitative estimate of drug-likeness (QED) is 0.837. The van der Waals surface area contributed by atoms with Gasteiger partial charge in [-0.2, -0.15) is 0 Å². The Hall–Kier alpha value is -1.35. The van der Waals surface area contributed by atoms with Crippen molar-refractivity contribution < 1.29 is 9.53 Å². The number of nitrogens with zero attached hydrogens (tertiary/aromatic N) is 1. The highest BCUT2D eigenvalue weighted by atomic mass is 16.5. The summed E-state index contributed by atoms with van der Waals surface area (Å²) in [6.45, 7) is 7.37. The van der Waals surface area contributed by atoms with Crippen LogP contribution in [0.2, 0.25) is 0 Å². The van der Waals surface area contributed by atoms with E-state index in [9.17, 15) is 4.79 Å². The van der Waals surface area contributed by atoms with Gasteiger partial charge in [0, 0.05) is 18.7 Å². The van der Waals surface area contributed by atoms with Crippen molar-refractivity contribution in [1.29, 1.82) is 0 Å². The lowest BCUT2D eigenvalue weighted by molar-refractivity contribution is 0.0303. The molecular weight excluding hydrogens is 262 g/mol. The maximum absolute atomic E-state index is 12.5. The predicted molar refractivity (Wildman–Crippen MR) is 83.5 cm³/mol. The van der Waals surface area contributed by atoms with Crippen LogP contribution >= 0.6 is 0 Å². The summed E-state index contributed by atoms with van der Waals surface area (Å²) in [7, 11) is 0. The first-order chi connectivity index (χ1) is 10.1. The zero-order valence-electron chi connectivity index (χ0n) is 13.1. The Bertz CT molecular complexity index is 518. The molecule has 1 aromatic rings. The van der Waals surface area contributed by atoms with Gasteiger partial charge in [-0.25, -0.2) is 0 Å². The molecule has 0 N–H and O–H groups in total. The Morgan fingerprint density at radius 3 is 2.71 bits per heavy atom. The van der Waals surface area contributed by atoms with Crippen LogP contribution in [0.15, 0.2) is 18.2 Å². The van der Waals surface area contributed by atoms with Crippen molar-refractivity contribution in [3.8, 4) is 0 Å². The maximum atomic E-state index is 12.5. The lowest BCUT2D eigenvalue weighted by Gasteiger charge is -2.29. The highest BCUT2D eigenvalue weighted by molar-refractivity contribution is 5.94. The molecule has 1 heterocycles. The van der Waals surface area contributed by atoms with E-state index in [2.05, 4.69) is 26.0 Å². The number of benzene rings is 1. The topological polar surface area (TPSA) is 29.5 Å². The molecule has 0 saturated carbocycles. The Morgan fingerprint density at radius 1 is 1.24 bits per heavy atom. The largest absolute Gasteiger partial charge is 0.378 e. The van der Waals surface area contributed by atoms with Gasteiger partial charge in [-0.15, -0.1) is 0 Å². The van der Waals surface area contributed by atoms with Crippen LogP contribution in [0, 0.1) is 11.8 Å². The van der Waals surface area contributed by atoms with E-state index in [0.717, 1.165) is 23.8 Å². The summed E-state index contributed by atoms with van der Waals surface area (Å²) in [4.78, 5) is 14.4.